The van der Waals surface area contributed by atoms with E-state index in [4.69, 9.17) is 4.74 Å². The van der Waals surface area contributed by atoms with E-state index in [0.29, 0.717) is 19.1 Å². The van der Waals surface area contributed by atoms with Crippen LogP contribution in [0.25, 0.3) is 0 Å². The van der Waals surface area contributed by atoms with Crippen LogP contribution in [0.2, 0.25) is 0 Å². The normalized spacial score (nSPS) is 13.4. The number of ether oxygens (including phenoxy) is 1. The summed E-state index contributed by atoms with van der Waals surface area (Å²) >= 11 is 0. The maximum absolute atomic E-state index is 13.4. The Morgan fingerprint density at radius 2 is 1.27 bits per heavy atom. The largest absolute Gasteiger partial charge is 0.445 e. The molecule has 200 valence electrons. The zero-order valence-electron chi connectivity index (χ0n) is 22.1. The molecule has 0 aliphatic carbocycles. The molecule has 8 heteroatoms. The van der Waals surface area contributed by atoms with Crippen LogP contribution in [0, 0.1) is 11.8 Å². The standard InChI is InChI=1S/C29H39N3O5/c1-20(2)15-24(18-33)30-27(34)25(16-21(3)4)31-28(35)26(17-22-11-7-5-8-12-22)32-29(36)37-19-23-13-9-6-10-14-23/h5-14,18,20-21,24-26H,15-17,19H2,1-4H3,(H,30,34)(H,31,35)(H,32,36)/t24-,25-,26-/m0/s1. The summed E-state index contributed by atoms with van der Waals surface area (Å²) in [6.07, 6.45) is 1.08. The first-order valence-electron chi connectivity index (χ1n) is 12.7. The maximum atomic E-state index is 13.4. The number of carbonyl (C=O) groups excluding carboxylic acids is 4. The molecule has 3 atom stereocenters. The molecule has 0 saturated heterocycles. The van der Waals surface area contributed by atoms with E-state index in [-0.39, 0.29) is 24.9 Å². The predicted octanol–water partition coefficient (Wildman–Crippen LogP) is 3.78. The monoisotopic (exact) mass is 509 g/mol. The molecule has 0 fully saturated rings. The zero-order valence-corrected chi connectivity index (χ0v) is 22.1. The molecule has 3 amide bonds. The molecule has 0 aliphatic rings. The lowest BCUT2D eigenvalue weighted by atomic mass is 10.00. The summed E-state index contributed by atoms with van der Waals surface area (Å²) in [4.78, 5) is 50.4. The molecule has 3 N–H and O–H groups in total. The fourth-order valence-corrected chi connectivity index (χ4v) is 3.88. The van der Waals surface area contributed by atoms with Crippen molar-refractivity contribution in [1.82, 2.24) is 16.0 Å². The number of benzene rings is 2. The number of aldehydes is 1. The molecule has 0 spiro atoms. The van der Waals surface area contributed by atoms with Gasteiger partial charge in [-0.1, -0.05) is 88.4 Å². The van der Waals surface area contributed by atoms with Gasteiger partial charge in [0, 0.05) is 6.42 Å². The lowest BCUT2D eigenvalue weighted by molar-refractivity contribution is -0.131. The molecule has 37 heavy (non-hydrogen) atoms. The lowest BCUT2D eigenvalue weighted by Crippen LogP contribution is -2.56. The van der Waals surface area contributed by atoms with Gasteiger partial charge in [-0.2, -0.15) is 0 Å². The first-order chi connectivity index (χ1) is 17.7. The second-order valence-electron chi connectivity index (χ2n) is 10.0. The predicted molar refractivity (Wildman–Crippen MR) is 143 cm³/mol. The Bertz CT molecular complexity index is 995. The Balaban J connectivity index is 2.13. The van der Waals surface area contributed by atoms with Crippen molar-refractivity contribution in [1.29, 1.82) is 0 Å². The van der Waals surface area contributed by atoms with Crippen LogP contribution in [-0.4, -0.2) is 42.3 Å². The lowest BCUT2D eigenvalue weighted by Gasteiger charge is -2.25. The van der Waals surface area contributed by atoms with Crippen molar-refractivity contribution in [3.8, 4) is 0 Å². The van der Waals surface area contributed by atoms with E-state index in [0.717, 1.165) is 11.1 Å². The molecule has 2 rings (SSSR count). The van der Waals surface area contributed by atoms with Crippen molar-refractivity contribution >= 4 is 24.2 Å². The minimum atomic E-state index is -0.967. The summed E-state index contributed by atoms with van der Waals surface area (Å²) in [6.45, 7) is 7.88. The highest BCUT2D eigenvalue weighted by molar-refractivity contribution is 5.92. The van der Waals surface area contributed by atoms with Crippen LogP contribution < -0.4 is 16.0 Å². The molecule has 0 aliphatic heterocycles. The van der Waals surface area contributed by atoms with Crippen molar-refractivity contribution in [3.63, 3.8) is 0 Å². The Hall–Kier alpha value is -3.68. The first-order valence-corrected chi connectivity index (χ1v) is 12.7. The van der Waals surface area contributed by atoms with E-state index >= 15 is 0 Å². The Labute approximate surface area is 219 Å². The number of hydrogen-bond acceptors (Lipinski definition) is 5. The van der Waals surface area contributed by atoms with Gasteiger partial charge in [0.25, 0.3) is 0 Å². The molecule has 0 heterocycles. The minimum absolute atomic E-state index is 0.0632. The number of alkyl carbamates (subject to hydrolysis) is 1. The second kappa shape index (κ2) is 15.4. The Kier molecular flexibility index (Phi) is 12.3. The highest BCUT2D eigenvalue weighted by Gasteiger charge is 2.29. The molecular formula is C29H39N3O5. The Morgan fingerprint density at radius 1 is 0.730 bits per heavy atom. The average molecular weight is 510 g/mol. The molecule has 0 aromatic heterocycles. The van der Waals surface area contributed by atoms with Gasteiger partial charge in [-0.3, -0.25) is 9.59 Å². The molecule has 0 saturated carbocycles. The van der Waals surface area contributed by atoms with E-state index in [1.54, 1.807) is 0 Å². The number of rotatable bonds is 14. The number of amides is 3. The average Bonchev–Trinajstić information content (AvgIpc) is 2.86. The molecular weight excluding hydrogens is 470 g/mol. The van der Waals surface area contributed by atoms with E-state index in [1.807, 2.05) is 88.4 Å². The third-order valence-corrected chi connectivity index (χ3v) is 5.66. The number of carbonyl (C=O) groups is 4. The minimum Gasteiger partial charge on any atom is -0.445 e. The summed E-state index contributed by atoms with van der Waals surface area (Å²) in [5, 5.41) is 8.19. The van der Waals surface area contributed by atoms with Crippen LogP contribution >= 0.6 is 0 Å². The van der Waals surface area contributed by atoms with Crippen molar-refractivity contribution < 1.29 is 23.9 Å². The third kappa shape index (κ3) is 11.3. The molecule has 8 nitrogen and oxygen atoms in total. The highest BCUT2D eigenvalue weighted by atomic mass is 16.5. The fourth-order valence-electron chi connectivity index (χ4n) is 3.88. The number of hydrogen-bond donors (Lipinski definition) is 3. The van der Waals surface area contributed by atoms with Crippen molar-refractivity contribution in [2.75, 3.05) is 0 Å². The summed E-state index contributed by atoms with van der Waals surface area (Å²) < 4.78 is 5.32. The van der Waals surface area contributed by atoms with E-state index in [9.17, 15) is 19.2 Å². The smallest absolute Gasteiger partial charge is 0.408 e. The first kappa shape index (κ1) is 29.5. The van der Waals surface area contributed by atoms with Gasteiger partial charge in [-0.25, -0.2) is 4.79 Å². The van der Waals surface area contributed by atoms with Gasteiger partial charge in [-0.15, -0.1) is 0 Å². The van der Waals surface area contributed by atoms with E-state index in [1.165, 1.54) is 0 Å². The maximum Gasteiger partial charge on any atom is 0.408 e. The van der Waals surface area contributed by atoms with Crippen LogP contribution in [-0.2, 0) is 32.1 Å². The third-order valence-electron chi connectivity index (χ3n) is 5.66. The molecule has 0 bridgehead atoms. The molecule has 2 aromatic rings. The van der Waals surface area contributed by atoms with Crippen molar-refractivity contribution in [2.24, 2.45) is 11.8 Å². The van der Waals surface area contributed by atoms with Gasteiger partial charge in [0.1, 0.15) is 25.0 Å². The summed E-state index contributed by atoms with van der Waals surface area (Å²) in [6, 6.07) is 16.0. The van der Waals surface area contributed by atoms with Crippen LogP contribution in [0.15, 0.2) is 60.7 Å². The van der Waals surface area contributed by atoms with Crippen LogP contribution in [0.1, 0.15) is 51.7 Å². The van der Waals surface area contributed by atoms with Gasteiger partial charge >= 0.3 is 6.09 Å². The Morgan fingerprint density at radius 3 is 1.81 bits per heavy atom. The second-order valence-corrected chi connectivity index (χ2v) is 10.0. The summed E-state index contributed by atoms with van der Waals surface area (Å²) in [5.41, 5.74) is 1.66. The van der Waals surface area contributed by atoms with Crippen LogP contribution in [0.3, 0.4) is 0 Å². The quantitative estimate of drug-likeness (QED) is 0.336. The summed E-state index contributed by atoms with van der Waals surface area (Å²) in [5.74, 6) is -0.611. The van der Waals surface area contributed by atoms with Gasteiger partial charge in [0.2, 0.25) is 11.8 Å². The van der Waals surface area contributed by atoms with E-state index in [2.05, 4.69) is 16.0 Å². The SMILES string of the molecule is CC(C)C[C@@H](C=O)NC(=O)[C@H](CC(C)C)NC(=O)[C@H](Cc1ccccc1)NC(=O)OCc1ccccc1. The fraction of sp³-hybridized carbons (Fsp3) is 0.448. The van der Waals surface area contributed by atoms with Crippen LogP contribution in [0.4, 0.5) is 4.79 Å². The molecule has 0 unspecified atom stereocenters. The molecule has 0 radical (unpaired) electrons. The number of nitrogens with one attached hydrogen (secondary N) is 3. The van der Waals surface area contributed by atoms with Crippen molar-refractivity contribution in [2.45, 2.75) is 71.7 Å². The van der Waals surface area contributed by atoms with Crippen molar-refractivity contribution in [3.05, 3.63) is 71.8 Å². The zero-order chi connectivity index (χ0) is 27.2. The van der Waals surface area contributed by atoms with Gasteiger partial charge < -0.3 is 25.5 Å². The topological polar surface area (TPSA) is 114 Å². The van der Waals surface area contributed by atoms with E-state index < -0.39 is 36.0 Å². The highest BCUT2D eigenvalue weighted by Crippen LogP contribution is 2.10. The molecule has 2 aromatic carbocycles. The van der Waals surface area contributed by atoms with Gasteiger partial charge in [0.15, 0.2) is 0 Å². The van der Waals surface area contributed by atoms with Crippen LogP contribution in [0.5, 0.6) is 0 Å². The van der Waals surface area contributed by atoms with Gasteiger partial charge in [-0.05, 0) is 35.8 Å². The summed E-state index contributed by atoms with van der Waals surface area (Å²) in [7, 11) is 0. The van der Waals surface area contributed by atoms with Gasteiger partial charge in [0.05, 0.1) is 6.04 Å².